The third-order valence-corrected chi connectivity index (χ3v) is 9.50. The maximum atomic E-state index is 13.7. The third-order valence-electron chi connectivity index (χ3n) is 7.69. The van der Waals surface area contributed by atoms with Crippen LogP contribution in [0.1, 0.15) is 52.0 Å². The third kappa shape index (κ3) is 5.88. The lowest BCUT2D eigenvalue weighted by molar-refractivity contribution is -0.131. The molecule has 2 heterocycles. The van der Waals surface area contributed by atoms with E-state index in [1.54, 1.807) is 27.0 Å². The number of aromatic nitrogens is 1. The molecule has 3 fully saturated rings. The standard InChI is InChI=1S/C29H36N4O7S/c1-6-19-15-29(19,26(35)32-41(37,38)21-10-11-21)31-24(34)22-14-20(16-33(22)27(36)40-28(3,4)5)39-25-23-17(2)8-7-9-18(23)12-13-30-25/h6-9,12-13,19-22H,1,10-11,14-16H2,2-5H3,(H,31,34)(H,32,35)/t19-,20-,22+,29?/m1/s1. The lowest BCUT2D eigenvalue weighted by atomic mass is 10.1. The number of rotatable bonds is 8. The number of carbonyl (C=O) groups is 3. The number of hydrogen-bond donors (Lipinski definition) is 2. The van der Waals surface area contributed by atoms with E-state index in [4.69, 9.17) is 9.47 Å². The molecule has 1 aromatic heterocycles. The zero-order valence-corrected chi connectivity index (χ0v) is 24.5. The Balaban J connectivity index is 1.38. The zero-order chi connectivity index (χ0) is 29.7. The van der Waals surface area contributed by atoms with Crippen LogP contribution in [0, 0.1) is 12.8 Å². The van der Waals surface area contributed by atoms with Crippen LogP contribution >= 0.6 is 0 Å². The topological polar surface area (TPSA) is 144 Å². The first-order chi connectivity index (χ1) is 19.2. The second kappa shape index (κ2) is 10.3. The van der Waals surface area contributed by atoms with E-state index >= 15 is 0 Å². The SMILES string of the molecule is C=C[C@@H]1CC1(NC(=O)[C@@H]1C[C@@H](Oc2nccc3cccc(C)c23)CN1C(=O)OC(C)(C)C)C(=O)NS(=O)(=O)C1CC1. The van der Waals surface area contributed by atoms with Gasteiger partial charge in [-0.3, -0.25) is 19.2 Å². The second-order valence-electron chi connectivity index (χ2n) is 12.1. The van der Waals surface area contributed by atoms with Crippen molar-refractivity contribution in [2.24, 2.45) is 5.92 Å². The summed E-state index contributed by atoms with van der Waals surface area (Å²) in [6.07, 6.45) is 3.17. The highest BCUT2D eigenvalue weighted by atomic mass is 32.2. The Labute approximate surface area is 239 Å². The van der Waals surface area contributed by atoms with Crippen molar-refractivity contribution in [3.05, 3.63) is 48.7 Å². The molecule has 1 unspecified atom stereocenters. The van der Waals surface area contributed by atoms with E-state index < -0.39 is 62.4 Å². The molecule has 3 amide bonds. The Bertz CT molecular complexity index is 1510. The summed E-state index contributed by atoms with van der Waals surface area (Å²) in [6, 6.07) is 6.70. The van der Waals surface area contributed by atoms with Crippen molar-refractivity contribution in [2.45, 2.75) is 81.9 Å². The number of nitrogens with one attached hydrogen (secondary N) is 2. The fraction of sp³-hybridized carbons (Fsp3) is 0.517. The molecule has 2 aliphatic carbocycles. The number of aryl methyl sites for hydroxylation is 1. The van der Waals surface area contributed by atoms with Gasteiger partial charge < -0.3 is 14.8 Å². The molecule has 1 aromatic carbocycles. The van der Waals surface area contributed by atoms with Crippen LogP contribution in [0.5, 0.6) is 5.88 Å². The molecular formula is C29H36N4O7S. The minimum atomic E-state index is -3.82. The van der Waals surface area contributed by atoms with Crippen molar-refractivity contribution < 1.29 is 32.3 Å². The van der Waals surface area contributed by atoms with Crippen molar-refractivity contribution in [1.29, 1.82) is 0 Å². The molecule has 5 rings (SSSR count). The lowest BCUT2D eigenvalue weighted by Gasteiger charge is -2.29. The summed E-state index contributed by atoms with van der Waals surface area (Å²) in [5, 5.41) is 3.95. The van der Waals surface area contributed by atoms with Crippen LogP contribution in [0.3, 0.4) is 0 Å². The summed E-state index contributed by atoms with van der Waals surface area (Å²) in [6.45, 7) is 10.9. The van der Waals surface area contributed by atoms with Crippen LogP contribution in [0.2, 0.25) is 0 Å². The van der Waals surface area contributed by atoms with Gasteiger partial charge in [-0.15, -0.1) is 6.58 Å². The van der Waals surface area contributed by atoms with Crippen molar-refractivity contribution in [2.75, 3.05) is 6.54 Å². The van der Waals surface area contributed by atoms with Gasteiger partial charge in [-0.2, -0.15) is 0 Å². The number of carbonyl (C=O) groups excluding carboxylic acids is 3. The van der Waals surface area contributed by atoms with Gasteiger partial charge in [0, 0.05) is 23.9 Å². The van der Waals surface area contributed by atoms with Gasteiger partial charge in [0.15, 0.2) is 0 Å². The molecule has 0 radical (unpaired) electrons. The number of hydrogen-bond acceptors (Lipinski definition) is 8. The summed E-state index contributed by atoms with van der Waals surface area (Å²) in [5.74, 6) is -1.46. The minimum absolute atomic E-state index is 0.0527. The van der Waals surface area contributed by atoms with Crippen LogP contribution in [0.25, 0.3) is 10.8 Å². The summed E-state index contributed by atoms with van der Waals surface area (Å²) in [7, 11) is -3.82. The smallest absolute Gasteiger partial charge is 0.411 e. The van der Waals surface area contributed by atoms with Crippen LogP contribution in [0.15, 0.2) is 43.1 Å². The average molecular weight is 585 g/mol. The van der Waals surface area contributed by atoms with Crippen molar-refractivity contribution in [1.82, 2.24) is 19.9 Å². The number of amides is 3. The monoisotopic (exact) mass is 584 g/mol. The van der Waals surface area contributed by atoms with Crippen LogP contribution in [-0.4, -0.2) is 71.3 Å². The molecule has 41 heavy (non-hydrogen) atoms. The van der Waals surface area contributed by atoms with Gasteiger partial charge in [-0.1, -0.05) is 24.3 Å². The molecule has 2 saturated carbocycles. The van der Waals surface area contributed by atoms with E-state index in [1.165, 1.54) is 11.0 Å². The Kier molecular flexibility index (Phi) is 7.25. The predicted octanol–water partition coefficient (Wildman–Crippen LogP) is 2.97. The van der Waals surface area contributed by atoms with Gasteiger partial charge in [0.25, 0.3) is 5.91 Å². The van der Waals surface area contributed by atoms with Crippen molar-refractivity contribution in [3.8, 4) is 5.88 Å². The number of likely N-dealkylation sites (tertiary alicyclic amines) is 1. The molecule has 0 spiro atoms. The van der Waals surface area contributed by atoms with Crippen LogP contribution in [-0.2, 0) is 24.3 Å². The van der Waals surface area contributed by atoms with E-state index in [0.717, 1.165) is 16.3 Å². The largest absolute Gasteiger partial charge is 0.472 e. The van der Waals surface area contributed by atoms with E-state index in [9.17, 15) is 22.8 Å². The summed E-state index contributed by atoms with van der Waals surface area (Å²) >= 11 is 0. The fourth-order valence-electron chi connectivity index (χ4n) is 5.29. The van der Waals surface area contributed by atoms with Crippen LogP contribution < -0.4 is 14.8 Å². The normalized spacial score (nSPS) is 25.9. The van der Waals surface area contributed by atoms with E-state index in [0.29, 0.717) is 18.7 Å². The Morgan fingerprint density at radius 3 is 2.56 bits per heavy atom. The summed E-state index contributed by atoms with van der Waals surface area (Å²) in [5.41, 5.74) is -1.30. The van der Waals surface area contributed by atoms with Crippen molar-refractivity contribution in [3.63, 3.8) is 0 Å². The highest BCUT2D eigenvalue weighted by Gasteiger charge is 2.62. The number of benzene rings is 1. The summed E-state index contributed by atoms with van der Waals surface area (Å²) in [4.78, 5) is 45.8. The Hall–Kier alpha value is -3.67. The number of fused-ring (bicyclic) bond motifs is 1. The van der Waals surface area contributed by atoms with Gasteiger partial charge >= 0.3 is 6.09 Å². The van der Waals surface area contributed by atoms with Crippen LogP contribution in [0.4, 0.5) is 4.79 Å². The van der Waals surface area contributed by atoms with E-state index in [2.05, 4.69) is 21.6 Å². The molecule has 220 valence electrons. The van der Waals surface area contributed by atoms with Gasteiger partial charge in [-0.05, 0) is 64.0 Å². The molecule has 11 nitrogen and oxygen atoms in total. The molecule has 4 atom stereocenters. The number of pyridine rings is 1. The quantitative estimate of drug-likeness (QED) is 0.451. The first-order valence-electron chi connectivity index (χ1n) is 13.8. The van der Waals surface area contributed by atoms with E-state index in [1.807, 2.05) is 31.2 Å². The molecular weight excluding hydrogens is 548 g/mol. The zero-order valence-electron chi connectivity index (χ0n) is 23.7. The van der Waals surface area contributed by atoms with Crippen molar-refractivity contribution >= 4 is 38.7 Å². The number of sulfonamides is 1. The number of nitrogens with zero attached hydrogens (tertiary/aromatic N) is 2. The maximum absolute atomic E-state index is 13.7. The molecule has 12 heteroatoms. The van der Waals surface area contributed by atoms with Gasteiger partial charge in [-0.25, -0.2) is 18.2 Å². The minimum Gasteiger partial charge on any atom is -0.472 e. The Morgan fingerprint density at radius 2 is 1.93 bits per heavy atom. The highest BCUT2D eigenvalue weighted by molar-refractivity contribution is 7.91. The first-order valence-corrected chi connectivity index (χ1v) is 15.3. The van der Waals surface area contributed by atoms with Gasteiger partial charge in [0.05, 0.1) is 11.8 Å². The Morgan fingerprint density at radius 1 is 1.20 bits per heavy atom. The molecule has 2 N–H and O–H groups in total. The van der Waals surface area contributed by atoms with E-state index in [-0.39, 0.29) is 19.4 Å². The predicted molar refractivity (Wildman–Crippen MR) is 152 cm³/mol. The summed E-state index contributed by atoms with van der Waals surface area (Å²) < 4.78 is 38.9. The molecule has 0 bridgehead atoms. The average Bonchev–Trinajstić information content (AvgIpc) is 3.80. The fourth-order valence-corrected chi connectivity index (χ4v) is 6.66. The number of ether oxygens (including phenoxy) is 2. The van der Waals surface area contributed by atoms with Gasteiger partial charge in [0.2, 0.25) is 21.8 Å². The maximum Gasteiger partial charge on any atom is 0.411 e. The lowest BCUT2D eigenvalue weighted by Crippen LogP contribution is -2.56. The van der Waals surface area contributed by atoms with Gasteiger partial charge in [0.1, 0.15) is 23.3 Å². The second-order valence-corrected chi connectivity index (χ2v) is 14.1. The highest BCUT2D eigenvalue weighted by Crippen LogP contribution is 2.45. The molecule has 1 saturated heterocycles. The first kappa shape index (κ1) is 28.8. The molecule has 2 aromatic rings. The molecule has 1 aliphatic heterocycles. The molecule has 3 aliphatic rings.